The van der Waals surface area contributed by atoms with Crippen LogP contribution in [-0.4, -0.2) is 5.11 Å². The van der Waals surface area contributed by atoms with Gasteiger partial charge in [0.25, 0.3) is 0 Å². The topological polar surface area (TPSA) is 20.2 Å². The number of aliphatic hydroxyl groups excluding tert-OH is 1. The normalized spacial score (nSPS) is 24.3. The standard InChI is InChI=1S/C16H14O/c17-15-9-8-13-11-5-2-1-4-10(11)12-6-3-7-14(15)16(12)13/h1-7,13,15,17H,8-9H2/t13-,15-/m1/s1. The molecule has 0 spiro atoms. The summed E-state index contributed by atoms with van der Waals surface area (Å²) >= 11 is 0. The van der Waals surface area contributed by atoms with E-state index in [9.17, 15) is 5.11 Å². The van der Waals surface area contributed by atoms with Crippen LogP contribution in [0.25, 0.3) is 11.1 Å². The summed E-state index contributed by atoms with van der Waals surface area (Å²) in [6, 6.07) is 15.0. The molecule has 0 aromatic heterocycles. The lowest BCUT2D eigenvalue weighted by atomic mass is 9.81. The summed E-state index contributed by atoms with van der Waals surface area (Å²) in [4.78, 5) is 0. The molecule has 0 amide bonds. The van der Waals surface area contributed by atoms with E-state index in [4.69, 9.17) is 0 Å². The Balaban J connectivity index is 2.08. The Hall–Kier alpha value is -1.60. The van der Waals surface area contributed by atoms with Crippen molar-refractivity contribution in [3.63, 3.8) is 0 Å². The Bertz CT molecular complexity index is 600. The monoisotopic (exact) mass is 222 g/mol. The van der Waals surface area contributed by atoms with Gasteiger partial charge >= 0.3 is 0 Å². The van der Waals surface area contributed by atoms with Crippen molar-refractivity contribution in [1.82, 2.24) is 0 Å². The lowest BCUT2D eigenvalue weighted by Crippen LogP contribution is -2.12. The van der Waals surface area contributed by atoms with Gasteiger partial charge in [-0.15, -0.1) is 0 Å². The number of benzene rings is 2. The average Bonchev–Trinajstić information content (AvgIpc) is 2.70. The zero-order valence-electron chi connectivity index (χ0n) is 9.56. The Morgan fingerprint density at radius 1 is 0.824 bits per heavy atom. The molecule has 0 radical (unpaired) electrons. The van der Waals surface area contributed by atoms with Crippen molar-refractivity contribution in [3.05, 3.63) is 59.2 Å². The quantitative estimate of drug-likeness (QED) is 0.721. The minimum atomic E-state index is -0.268. The minimum absolute atomic E-state index is 0.268. The summed E-state index contributed by atoms with van der Waals surface area (Å²) in [6.07, 6.45) is 1.69. The first kappa shape index (κ1) is 9.43. The van der Waals surface area contributed by atoms with Crippen LogP contribution in [0.15, 0.2) is 42.5 Å². The largest absolute Gasteiger partial charge is 0.388 e. The first-order chi connectivity index (χ1) is 8.36. The van der Waals surface area contributed by atoms with E-state index in [0.717, 1.165) is 18.4 Å². The van der Waals surface area contributed by atoms with Gasteiger partial charge in [0.15, 0.2) is 0 Å². The second-order valence-corrected chi connectivity index (χ2v) is 5.04. The third-order valence-corrected chi connectivity index (χ3v) is 4.20. The average molecular weight is 222 g/mol. The van der Waals surface area contributed by atoms with Crippen LogP contribution in [0.2, 0.25) is 0 Å². The molecule has 0 saturated heterocycles. The van der Waals surface area contributed by atoms with Crippen molar-refractivity contribution in [2.75, 3.05) is 0 Å². The van der Waals surface area contributed by atoms with E-state index in [1.165, 1.54) is 22.3 Å². The third-order valence-electron chi connectivity index (χ3n) is 4.20. The van der Waals surface area contributed by atoms with Crippen LogP contribution in [-0.2, 0) is 0 Å². The number of fused-ring (bicyclic) bond motifs is 3. The maximum absolute atomic E-state index is 10.1. The zero-order chi connectivity index (χ0) is 11.4. The van der Waals surface area contributed by atoms with Gasteiger partial charge in [0.05, 0.1) is 6.10 Å². The summed E-state index contributed by atoms with van der Waals surface area (Å²) in [5.74, 6) is 0.515. The molecular formula is C16H14O. The highest BCUT2D eigenvalue weighted by Gasteiger charge is 2.35. The maximum atomic E-state index is 10.1. The van der Waals surface area contributed by atoms with E-state index < -0.39 is 0 Å². The summed E-state index contributed by atoms with van der Waals surface area (Å²) in [5.41, 5.74) is 6.68. The van der Waals surface area contributed by atoms with E-state index >= 15 is 0 Å². The molecule has 0 saturated carbocycles. The lowest BCUT2D eigenvalue weighted by molar-refractivity contribution is 0.154. The molecule has 0 bridgehead atoms. The van der Waals surface area contributed by atoms with E-state index in [-0.39, 0.29) is 6.10 Å². The summed E-state index contributed by atoms with van der Waals surface area (Å²) in [6.45, 7) is 0. The predicted octanol–water partition coefficient (Wildman–Crippen LogP) is 3.63. The van der Waals surface area contributed by atoms with Gasteiger partial charge in [-0.3, -0.25) is 0 Å². The molecule has 17 heavy (non-hydrogen) atoms. The van der Waals surface area contributed by atoms with E-state index in [0.29, 0.717) is 5.92 Å². The van der Waals surface area contributed by atoms with Gasteiger partial charge in [0.2, 0.25) is 0 Å². The fourth-order valence-corrected chi connectivity index (χ4v) is 3.48. The third kappa shape index (κ3) is 1.12. The molecule has 2 aromatic rings. The fraction of sp³-hybridized carbons (Fsp3) is 0.250. The number of aliphatic hydroxyl groups is 1. The van der Waals surface area contributed by atoms with Crippen molar-refractivity contribution < 1.29 is 5.11 Å². The lowest BCUT2D eigenvalue weighted by Gasteiger charge is -2.26. The zero-order valence-corrected chi connectivity index (χ0v) is 9.56. The first-order valence-corrected chi connectivity index (χ1v) is 6.26. The van der Waals surface area contributed by atoms with Crippen LogP contribution >= 0.6 is 0 Å². The fourth-order valence-electron chi connectivity index (χ4n) is 3.48. The Morgan fingerprint density at radius 3 is 2.53 bits per heavy atom. The van der Waals surface area contributed by atoms with Crippen molar-refractivity contribution in [2.45, 2.75) is 24.9 Å². The highest BCUT2D eigenvalue weighted by atomic mass is 16.3. The van der Waals surface area contributed by atoms with E-state index in [1.807, 2.05) is 0 Å². The van der Waals surface area contributed by atoms with Crippen LogP contribution in [0.1, 0.15) is 41.6 Å². The molecule has 0 unspecified atom stereocenters. The molecule has 84 valence electrons. The summed E-state index contributed by atoms with van der Waals surface area (Å²) in [7, 11) is 0. The Morgan fingerprint density at radius 2 is 1.59 bits per heavy atom. The molecule has 2 aliphatic carbocycles. The maximum Gasteiger partial charge on any atom is 0.0793 e. The van der Waals surface area contributed by atoms with Crippen LogP contribution in [0.4, 0.5) is 0 Å². The highest BCUT2D eigenvalue weighted by molar-refractivity contribution is 5.80. The summed E-state index contributed by atoms with van der Waals surface area (Å²) < 4.78 is 0. The van der Waals surface area contributed by atoms with Gasteiger partial charge < -0.3 is 5.11 Å². The van der Waals surface area contributed by atoms with Crippen LogP contribution in [0.5, 0.6) is 0 Å². The molecule has 1 nitrogen and oxygen atoms in total. The van der Waals surface area contributed by atoms with Crippen LogP contribution in [0.3, 0.4) is 0 Å². The van der Waals surface area contributed by atoms with Gasteiger partial charge in [-0.2, -0.15) is 0 Å². The second kappa shape index (κ2) is 3.21. The van der Waals surface area contributed by atoms with Crippen LogP contribution < -0.4 is 0 Å². The van der Waals surface area contributed by atoms with Gasteiger partial charge in [0, 0.05) is 5.92 Å². The van der Waals surface area contributed by atoms with E-state index in [2.05, 4.69) is 42.5 Å². The molecule has 2 aromatic carbocycles. The predicted molar refractivity (Wildman–Crippen MR) is 67.9 cm³/mol. The minimum Gasteiger partial charge on any atom is -0.388 e. The second-order valence-electron chi connectivity index (χ2n) is 5.04. The molecular weight excluding hydrogens is 208 g/mol. The number of hydrogen-bond acceptors (Lipinski definition) is 1. The SMILES string of the molecule is O[C@@H]1CC[C@@H]2c3ccccc3-c3cccc1c32. The Kier molecular flexibility index (Phi) is 1.78. The number of hydrogen-bond donors (Lipinski definition) is 1. The molecule has 1 heteroatoms. The van der Waals surface area contributed by atoms with Crippen molar-refractivity contribution in [1.29, 1.82) is 0 Å². The molecule has 0 aliphatic heterocycles. The van der Waals surface area contributed by atoms with Crippen molar-refractivity contribution >= 4 is 0 Å². The Labute approximate surface area is 101 Å². The van der Waals surface area contributed by atoms with Gasteiger partial charge in [-0.05, 0) is 40.7 Å². The smallest absolute Gasteiger partial charge is 0.0793 e. The van der Waals surface area contributed by atoms with Crippen molar-refractivity contribution in [2.24, 2.45) is 0 Å². The molecule has 4 rings (SSSR count). The first-order valence-electron chi connectivity index (χ1n) is 6.26. The molecule has 0 heterocycles. The number of rotatable bonds is 0. The van der Waals surface area contributed by atoms with Gasteiger partial charge in [-0.25, -0.2) is 0 Å². The highest BCUT2D eigenvalue weighted by Crippen LogP contribution is 2.52. The van der Waals surface area contributed by atoms with Gasteiger partial charge in [-0.1, -0.05) is 42.5 Å². The molecule has 2 atom stereocenters. The van der Waals surface area contributed by atoms with Gasteiger partial charge in [0.1, 0.15) is 0 Å². The van der Waals surface area contributed by atoms with Crippen molar-refractivity contribution in [3.8, 4) is 11.1 Å². The molecule has 0 fully saturated rings. The van der Waals surface area contributed by atoms with Crippen LogP contribution in [0, 0.1) is 0 Å². The van der Waals surface area contributed by atoms with E-state index in [1.54, 1.807) is 0 Å². The summed E-state index contributed by atoms with van der Waals surface area (Å²) in [5, 5.41) is 10.1. The molecule has 2 aliphatic rings. The molecule has 1 N–H and O–H groups in total.